The van der Waals surface area contributed by atoms with Gasteiger partial charge < -0.3 is 15.7 Å². The zero-order valence-electron chi connectivity index (χ0n) is 18.6. The number of nitrogens with one attached hydrogen (secondary N) is 2. The number of aliphatic hydroxyl groups excluding tert-OH is 1. The average molecular weight is 401 g/mol. The summed E-state index contributed by atoms with van der Waals surface area (Å²) in [6.07, 6.45) is 7.03. The van der Waals surface area contributed by atoms with Crippen molar-refractivity contribution in [1.82, 2.24) is 15.5 Å². The van der Waals surface area contributed by atoms with Crippen LogP contribution >= 0.6 is 0 Å². The van der Waals surface area contributed by atoms with E-state index in [1.54, 1.807) is 0 Å². The molecule has 0 spiro atoms. The lowest BCUT2D eigenvalue weighted by Crippen LogP contribution is -2.46. The van der Waals surface area contributed by atoms with Gasteiger partial charge in [-0.2, -0.15) is 0 Å². The van der Waals surface area contributed by atoms with Crippen molar-refractivity contribution in [1.29, 1.82) is 0 Å². The summed E-state index contributed by atoms with van der Waals surface area (Å²) in [6.45, 7) is 9.41. The quantitative estimate of drug-likeness (QED) is 0.462. The predicted octanol–water partition coefficient (Wildman–Crippen LogP) is 3.52. The molecule has 29 heavy (non-hydrogen) atoms. The molecule has 3 rings (SSSR count). The number of guanidine groups is 1. The third-order valence-corrected chi connectivity index (χ3v) is 6.56. The SMILES string of the molecule is CN=C(NCc1ccc(CN2CCC(O)CC2)cc1)NCC1(CC(C)C)CCC1. The maximum atomic E-state index is 9.64. The van der Waals surface area contributed by atoms with Gasteiger partial charge in [0.05, 0.1) is 6.10 Å². The van der Waals surface area contributed by atoms with Crippen LogP contribution in [0.2, 0.25) is 0 Å². The molecular weight excluding hydrogens is 360 g/mol. The van der Waals surface area contributed by atoms with Gasteiger partial charge in [0.25, 0.3) is 0 Å². The van der Waals surface area contributed by atoms with E-state index in [2.05, 4.69) is 58.6 Å². The van der Waals surface area contributed by atoms with Crippen LogP contribution in [0, 0.1) is 11.3 Å². The van der Waals surface area contributed by atoms with Gasteiger partial charge in [-0.15, -0.1) is 0 Å². The van der Waals surface area contributed by atoms with Gasteiger partial charge in [-0.3, -0.25) is 9.89 Å². The highest BCUT2D eigenvalue weighted by molar-refractivity contribution is 5.79. The molecular formula is C24H40N4O. The number of aliphatic hydroxyl groups is 1. The van der Waals surface area contributed by atoms with E-state index in [1.165, 1.54) is 36.8 Å². The Balaban J connectivity index is 1.42. The number of aliphatic imine (C=N–C) groups is 1. The molecule has 162 valence electrons. The second-order valence-electron chi connectivity index (χ2n) is 9.55. The van der Waals surface area contributed by atoms with E-state index in [0.717, 1.165) is 57.4 Å². The summed E-state index contributed by atoms with van der Waals surface area (Å²) in [5.74, 6) is 1.65. The fourth-order valence-electron chi connectivity index (χ4n) is 4.77. The molecule has 1 aromatic rings. The maximum absolute atomic E-state index is 9.64. The fourth-order valence-corrected chi connectivity index (χ4v) is 4.77. The van der Waals surface area contributed by atoms with Crippen LogP contribution in [0.4, 0.5) is 0 Å². The molecule has 5 nitrogen and oxygen atoms in total. The monoisotopic (exact) mass is 400 g/mol. The largest absolute Gasteiger partial charge is 0.393 e. The molecule has 1 saturated carbocycles. The lowest BCUT2D eigenvalue weighted by atomic mass is 9.64. The molecule has 1 saturated heterocycles. The molecule has 5 heteroatoms. The van der Waals surface area contributed by atoms with Crippen LogP contribution in [0.5, 0.6) is 0 Å². The summed E-state index contributed by atoms with van der Waals surface area (Å²) in [6, 6.07) is 8.87. The average Bonchev–Trinajstić information content (AvgIpc) is 2.68. The number of piperidine rings is 1. The first kappa shape index (κ1) is 22.1. The van der Waals surface area contributed by atoms with Crippen molar-refractivity contribution in [2.75, 3.05) is 26.7 Å². The Morgan fingerprint density at radius 3 is 2.34 bits per heavy atom. The van der Waals surface area contributed by atoms with Crippen molar-refractivity contribution in [3.05, 3.63) is 35.4 Å². The second kappa shape index (κ2) is 10.4. The Morgan fingerprint density at radius 2 is 1.79 bits per heavy atom. The topological polar surface area (TPSA) is 59.9 Å². The van der Waals surface area contributed by atoms with Crippen molar-refractivity contribution in [3.8, 4) is 0 Å². The molecule has 1 heterocycles. The van der Waals surface area contributed by atoms with E-state index in [-0.39, 0.29) is 6.10 Å². The zero-order chi connectivity index (χ0) is 20.7. The van der Waals surface area contributed by atoms with Gasteiger partial charge in [0.15, 0.2) is 5.96 Å². The summed E-state index contributed by atoms with van der Waals surface area (Å²) in [4.78, 5) is 6.84. The van der Waals surface area contributed by atoms with Crippen molar-refractivity contribution >= 4 is 5.96 Å². The first-order chi connectivity index (χ1) is 14.0. The molecule has 0 bridgehead atoms. The second-order valence-corrected chi connectivity index (χ2v) is 9.55. The van der Waals surface area contributed by atoms with Gasteiger partial charge in [0.1, 0.15) is 0 Å². The van der Waals surface area contributed by atoms with Crippen molar-refractivity contribution in [3.63, 3.8) is 0 Å². The van der Waals surface area contributed by atoms with Crippen LogP contribution in [0.3, 0.4) is 0 Å². The molecule has 0 aromatic heterocycles. The summed E-state index contributed by atoms with van der Waals surface area (Å²) in [5, 5.41) is 16.7. The number of nitrogens with zero attached hydrogens (tertiary/aromatic N) is 2. The number of hydrogen-bond acceptors (Lipinski definition) is 3. The number of hydrogen-bond donors (Lipinski definition) is 3. The lowest BCUT2D eigenvalue weighted by Gasteiger charge is -2.43. The van der Waals surface area contributed by atoms with Gasteiger partial charge in [0.2, 0.25) is 0 Å². The Morgan fingerprint density at radius 1 is 1.14 bits per heavy atom. The number of benzene rings is 1. The molecule has 2 aliphatic rings. The van der Waals surface area contributed by atoms with E-state index in [9.17, 15) is 5.11 Å². The third-order valence-electron chi connectivity index (χ3n) is 6.56. The van der Waals surface area contributed by atoms with Gasteiger partial charge in [-0.25, -0.2) is 0 Å². The smallest absolute Gasteiger partial charge is 0.191 e. The van der Waals surface area contributed by atoms with Crippen LogP contribution in [-0.4, -0.2) is 48.8 Å². The summed E-state index contributed by atoms with van der Waals surface area (Å²) < 4.78 is 0. The van der Waals surface area contributed by atoms with Crippen molar-refractivity contribution in [2.45, 2.75) is 71.6 Å². The number of likely N-dealkylation sites (tertiary alicyclic amines) is 1. The zero-order valence-corrected chi connectivity index (χ0v) is 18.6. The molecule has 0 radical (unpaired) electrons. The van der Waals surface area contributed by atoms with E-state index < -0.39 is 0 Å². The Bertz CT molecular complexity index is 643. The Hall–Kier alpha value is -1.59. The van der Waals surface area contributed by atoms with Gasteiger partial charge in [-0.05, 0) is 54.6 Å². The normalized spacial score (nSPS) is 20.5. The first-order valence-electron chi connectivity index (χ1n) is 11.4. The van der Waals surface area contributed by atoms with E-state index in [4.69, 9.17) is 0 Å². The van der Waals surface area contributed by atoms with Crippen molar-refractivity contribution < 1.29 is 5.11 Å². The van der Waals surface area contributed by atoms with Crippen LogP contribution in [-0.2, 0) is 13.1 Å². The highest BCUT2D eigenvalue weighted by Gasteiger charge is 2.37. The Kier molecular flexibility index (Phi) is 7.96. The van der Waals surface area contributed by atoms with Gasteiger partial charge in [-0.1, -0.05) is 44.5 Å². The maximum Gasteiger partial charge on any atom is 0.191 e. The van der Waals surface area contributed by atoms with Crippen LogP contribution in [0.25, 0.3) is 0 Å². The highest BCUT2D eigenvalue weighted by atomic mass is 16.3. The minimum atomic E-state index is -0.104. The van der Waals surface area contributed by atoms with E-state index >= 15 is 0 Å². The number of rotatable bonds is 8. The molecule has 1 aromatic carbocycles. The summed E-state index contributed by atoms with van der Waals surface area (Å²) in [7, 11) is 1.85. The molecule has 3 N–H and O–H groups in total. The lowest BCUT2D eigenvalue weighted by molar-refractivity contribution is 0.0792. The predicted molar refractivity (Wildman–Crippen MR) is 121 cm³/mol. The minimum absolute atomic E-state index is 0.104. The molecule has 0 amide bonds. The summed E-state index contributed by atoms with van der Waals surface area (Å²) in [5.41, 5.74) is 3.08. The van der Waals surface area contributed by atoms with Crippen LogP contribution in [0.15, 0.2) is 29.3 Å². The molecule has 0 unspecified atom stereocenters. The third kappa shape index (κ3) is 6.71. The van der Waals surface area contributed by atoms with Crippen molar-refractivity contribution in [2.24, 2.45) is 16.3 Å². The van der Waals surface area contributed by atoms with E-state index in [0.29, 0.717) is 5.41 Å². The summed E-state index contributed by atoms with van der Waals surface area (Å²) >= 11 is 0. The van der Waals surface area contributed by atoms with Gasteiger partial charge in [0, 0.05) is 39.8 Å². The highest BCUT2D eigenvalue weighted by Crippen LogP contribution is 2.45. The standard InChI is InChI=1S/C24H40N4O/c1-19(2)15-24(11-4-12-24)18-27-23(25-3)26-16-20-5-7-21(8-6-20)17-28-13-9-22(29)10-14-28/h5-8,19,22,29H,4,9-18H2,1-3H3,(H2,25,26,27). The van der Waals surface area contributed by atoms with Gasteiger partial charge >= 0.3 is 0 Å². The van der Waals surface area contributed by atoms with Crippen LogP contribution < -0.4 is 10.6 Å². The fraction of sp³-hybridized carbons (Fsp3) is 0.708. The van der Waals surface area contributed by atoms with E-state index in [1.807, 2.05) is 7.05 Å². The molecule has 2 fully saturated rings. The molecule has 1 aliphatic carbocycles. The Labute approximate surface area is 177 Å². The molecule has 1 aliphatic heterocycles. The van der Waals surface area contributed by atoms with Crippen LogP contribution in [0.1, 0.15) is 63.5 Å². The minimum Gasteiger partial charge on any atom is -0.393 e. The molecule has 0 atom stereocenters. The first-order valence-corrected chi connectivity index (χ1v) is 11.4.